The molecule has 6 nitrogen and oxygen atoms in total. The fourth-order valence-electron chi connectivity index (χ4n) is 2.75. The summed E-state index contributed by atoms with van der Waals surface area (Å²) >= 11 is 2.85. The second-order valence-electron chi connectivity index (χ2n) is 5.72. The molecule has 1 aliphatic heterocycles. The van der Waals surface area contributed by atoms with Crippen LogP contribution in [0.4, 0.5) is 0 Å². The SMILES string of the molecule is Cc1cc(S(=O)(=O)N2CCN(C(=O)c3cnc(C)s3)CC2)c(C)s1. The average molecular weight is 386 g/mol. The number of nitrogens with zero attached hydrogens (tertiary/aromatic N) is 3. The van der Waals surface area contributed by atoms with Gasteiger partial charge in [-0.3, -0.25) is 4.79 Å². The van der Waals surface area contributed by atoms with Gasteiger partial charge in [-0.25, -0.2) is 13.4 Å². The van der Waals surface area contributed by atoms with Crippen molar-refractivity contribution in [2.45, 2.75) is 25.7 Å². The molecule has 0 unspecified atom stereocenters. The first-order valence-electron chi connectivity index (χ1n) is 7.58. The van der Waals surface area contributed by atoms with Crippen molar-refractivity contribution in [3.05, 3.63) is 31.9 Å². The molecule has 3 heterocycles. The van der Waals surface area contributed by atoms with E-state index in [1.165, 1.54) is 27.0 Å². The van der Waals surface area contributed by atoms with E-state index in [-0.39, 0.29) is 5.91 Å². The molecule has 24 heavy (non-hydrogen) atoms. The number of piperazine rings is 1. The highest BCUT2D eigenvalue weighted by atomic mass is 32.2. The van der Waals surface area contributed by atoms with Gasteiger partial charge < -0.3 is 4.90 Å². The van der Waals surface area contributed by atoms with E-state index >= 15 is 0 Å². The van der Waals surface area contributed by atoms with Crippen LogP contribution < -0.4 is 0 Å². The van der Waals surface area contributed by atoms with Crippen molar-refractivity contribution in [3.8, 4) is 0 Å². The van der Waals surface area contributed by atoms with E-state index in [0.717, 1.165) is 14.8 Å². The zero-order valence-corrected chi connectivity index (χ0v) is 16.2. The summed E-state index contributed by atoms with van der Waals surface area (Å²) in [6.07, 6.45) is 1.59. The number of aryl methyl sites for hydroxylation is 3. The molecule has 3 rings (SSSR count). The Morgan fingerprint density at radius 1 is 1.12 bits per heavy atom. The van der Waals surface area contributed by atoms with E-state index < -0.39 is 10.0 Å². The number of hydrogen-bond acceptors (Lipinski definition) is 6. The summed E-state index contributed by atoms with van der Waals surface area (Å²) in [6.45, 7) is 7.03. The van der Waals surface area contributed by atoms with Crippen LogP contribution in [0.25, 0.3) is 0 Å². The lowest BCUT2D eigenvalue weighted by Crippen LogP contribution is -2.50. The van der Waals surface area contributed by atoms with E-state index in [9.17, 15) is 13.2 Å². The molecule has 1 aliphatic rings. The van der Waals surface area contributed by atoms with E-state index in [1.54, 1.807) is 17.2 Å². The molecule has 0 N–H and O–H groups in total. The van der Waals surface area contributed by atoms with Gasteiger partial charge >= 0.3 is 0 Å². The van der Waals surface area contributed by atoms with E-state index in [4.69, 9.17) is 0 Å². The van der Waals surface area contributed by atoms with E-state index in [1.807, 2.05) is 20.8 Å². The lowest BCUT2D eigenvalue weighted by atomic mass is 10.3. The molecule has 0 radical (unpaired) electrons. The van der Waals surface area contributed by atoms with Crippen molar-refractivity contribution in [2.75, 3.05) is 26.2 Å². The van der Waals surface area contributed by atoms with E-state index in [2.05, 4.69) is 4.98 Å². The molecule has 0 atom stereocenters. The number of sulfonamides is 1. The highest BCUT2D eigenvalue weighted by Gasteiger charge is 2.32. The van der Waals surface area contributed by atoms with E-state index in [0.29, 0.717) is 36.0 Å². The van der Waals surface area contributed by atoms with Crippen LogP contribution in [-0.4, -0.2) is 54.7 Å². The summed E-state index contributed by atoms with van der Waals surface area (Å²) in [5.41, 5.74) is 0. The van der Waals surface area contributed by atoms with Crippen LogP contribution in [0.1, 0.15) is 24.4 Å². The van der Waals surface area contributed by atoms with Gasteiger partial charge in [-0.1, -0.05) is 0 Å². The third kappa shape index (κ3) is 3.26. The quantitative estimate of drug-likeness (QED) is 0.813. The van der Waals surface area contributed by atoms with Crippen LogP contribution in [0.2, 0.25) is 0 Å². The Bertz CT molecular complexity index is 862. The molecule has 0 bridgehead atoms. The molecule has 1 fully saturated rings. The predicted octanol–water partition coefficient (Wildman–Crippen LogP) is 2.28. The number of carbonyl (C=O) groups excluding carboxylic acids is 1. The number of carbonyl (C=O) groups is 1. The number of rotatable bonds is 3. The molecule has 2 aromatic rings. The molecule has 130 valence electrons. The van der Waals surface area contributed by atoms with Gasteiger partial charge in [0, 0.05) is 35.9 Å². The first-order chi connectivity index (χ1) is 11.3. The maximum atomic E-state index is 12.8. The first kappa shape index (κ1) is 17.5. The highest BCUT2D eigenvalue weighted by molar-refractivity contribution is 7.89. The molecule has 1 amide bonds. The van der Waals surface area contributed by atoms with Gasteiger partial charge in [-0.2, -0.15) is 4.31 Å². The normalized spacial score (nSPS) is 16.5. The summed E-state index contributed by atoms with van der Waals surface area (Å²) in [5, 5.41) is 0.850. The summed E-state index contributed by atoms with van der Waals surface area (Å²) in [4.78, 5) is 21.0. The minimum Gasteiger partial charge on any atom is -0.335 e. The molecular formula is C15H19N3O3S3. The second-order valence-corrected chi connectivity index (χ2v) is 10.3. The van der Waals surface area contributed by atoms with Gasteiger partial charge in [-0.15, -0.1) is 22.7 Å². The number of hydrogen-bond donors (Lipinski definition) is 0. The Hall–Kier alpha value is -1.29. The Labute approximate surface area is 149 Å². The monoisotopic (exact) mass is 385 g/mol. The topological polar surface area (TPSA) is 70.6 Å². The molecular weight excluding hydrogens is 366 g/mol. The van der Waals surface area contributed by atoms with Crippen LogP contribution in [0, 0.1) is 20.8 Å². The number of thiazole rings is 1. The lowest BCUT2D eigenvalue weighted by Gasteiger charge is -2.33. The zero-order valence-electron chi connectivity index (χ0n) is 13.8. The predicted molar refractivity (Wildman–Crippen MR) is 95.3 cm³/mol. The third-order valence-corrected chi connectivity index (χ3v) is 7.99. The molecule has 2 aromatic heterocycles. The molecule has 0 aliphatic carbocycles. The number of thiophene rings is 1. The largest absolute Gasteiger partial charge is 0.335 e. The van der Waals surface area contributed by atoms with Gasteiger partial charge in [0.15, 0.2) is 0 Å². The Kier molecular flexibility index (Phi) is 4.78. The van der Waals surface area contributed by atoms with Crippen molar-refractivity contribution < 1.29 is 13.2 Å². The second kappa shape index (κ2) is 6.55. The summed E-state index contributed by atoms with van der Waals surface area (Å²) in [6, 6.07) is 1.73. The van der Waals surface area contributed by atoms with Gasteiger partial charge in [0.25, 0.3) is 5.91 Å². The van der Waals surface area contributed by atoms with Gasteiger partial charge in [0.1, 0.15) is 4.88 Å². The van der Waals surface area contributed by atoms with Crippen molar-refractivity contribution in [1.82, 2.24) is 14.2 Å². The molecule has 0 saturated carbocycles. The minimum atomic E-state index is -3.49. The van der Waals surface area contributed by atoms with Crippen molar-refractivity contribution >= 4 is 38.6 Å². The first-order valence-corrected chi connectivity index (χ1v) is 10.7. The molecule has 1 saturated heterocycles. The number of amides is 1. The van der Waals surface area contributed by atoms with Crippen LogP contribution in [0.3, 0.4) is 0 Å². The summed E-state index contributed by atoms with van der Waals surface area (Å²) in [5.74, 6) is -0.0693. The summed E-state index contributed by atoms with van der Waals surface area (Å²) in [7, 11) is -3.49. The van der Waals surface area contributed by atoms with Crippen LogP contribution in [0.15, 0.2) is 17.2 Å². The number of aromatic nitrogens is 1. The molecule has 0 aromatic carbocycles. The lowest BCUT2D eigenvalue weighted by molar-refractivity contribution is 0.0702. The standard InChI is InChI=1S/C15H19N3O3S3/c1-10-8-14(11(2)22-10)24(20,21)18-6-4-17(5-7-18)15(19)13-9-16-12(3)23-13/h8-9H,4-7H2,1-3H3. The van der Waals surface area contributed by atoms with Crippen molar-refractivity contribution in [2.24, 2.45) is 0 Å². The maximum absolute atomic E-state index is 12.8. The third-order valence-electron chi connectivity index (χ3n) is 3.97. The molecule has 0 spiro atoms. The fourth-order valence-corrected chi connectivity index (χ4v) is 6.44. The minimum absolute atomic E-state index is 0.0693. The van der Waals surface area contributed by atoms with Crippen LogP contribution in [-0.2, 0) is 10.0 Å². The van der Waals surface area contributed by atoms with Crippen LogP contribution in [0.5, 0.6) is 0 Å². The highest BCUT2D eigenvalue weighted by Crippen LogP contribution is 2.28. The van der Waals surface area contributed by atoms with Gasteiger partial charge in [-0.05, 0) is 26.8 Å². The van der Waals surface area contributed by atoms with Gasteiger partial charge in [0.05, 0.1) is 16.1 Å². The Morgan fingerprint density at radius 2 is 1.79 bits per heavy atom. The summed E-state index contributed by atoms with van der Waals surface area (Å²) < 4.78 is 27.1. The van der Waals surface area contributed by atoms with Crippen molar-refractivity contribution in [1.29, 1.82) is 0 Å². The average Bonchev–Trinajstić information content (AvgIpc) is 3.12. The maximum Gasteiger partial charge on any atom is 0.265 e. The zero-order chi connectivity index (χ0) is 17.5. The smallest absolute Gasteiger partial charge is 0.265 e. The van der Waals surface area contributed by atoms with Crippen LogP contribution >= 0.6 is 22.7 Å². The molecule has 9 heteroatoms. The van der Waals surface area contributed by atoms with Crippen molar-refractivity contribution in [3.63, 3.8) is 0 Å². The Balaban J connectivity index is 1.71. The Morgan fingerprint density at radius 3 is 2.29 bits per heavy atom. The van der Waals surface area contributed by atoms with Gasteiger partial charge in [0.2, 0.25) is 10.0 Å². The fraction of sp³-hybridized carbons (Fsp3) is 0.467.